The van der Waals surface area contributed by atoms with Crippen molar-refractivity contribution in [1.82, 2.24) is 0 Å². The van der Waals surface area contributed by atoms with Crippen molar-refractivity contribution < 1.29 is 0 Å². The summed E-state index contributed by atoms with van der Waals surface area (Å²) in [5.41, 5.74) is 0. The molecule has 0 spiro atoms. The molecule has 56 valence electrons. The molecular formula is C9H19Li. The summed E-state index contributed by atoms with van der Waals surface area (Å²) in [6.45, 7) is 4.57. The van der Waals surface area contributed by atoms with Gasteiger partial charge in [-0.15, -0.1) is 0 Å². The Labute approximate surface area is 75.0 Å². The van der Waals surface area contributed by atoms with Crippen LogP contribution in [0.5, 0.6) is 0 Å². The number of rotatable bonds is 6. The van der Waals surface area contributed by atoms with Gasteiger partial charge in [-0.1, -0.05) is 0 Å². The van der Waals surface area contributed by atoms with Crippen LogP contribution >= 0.6 is 0 Å². The first kappa shape index (κ1) is 10.6. The first-order valence-electron chi connectivity index (χ1n) is 4.77. The van der Waals surface area contributed by atoms with Crippen molar-refractivity contribution in [2.75, 3.05) is 0 Å². The molecule has 0 heterocycles. The zero-order chi connectivity index (χ0) is 7.82. The van der Waals surface area contributed by atoms with Crippen LogP contribution < -0.4 is 0 Å². The molecule has 10 heavy (non-hydrogen) atoms. The first-order valence-corrected chi connectivity index (χ1v) is 4.77. The van der Waals surface area contributed by atoms with Gasteiger partial charge in [-0.25, -0.2) is 0 Å². The monoisotopic (exact) mass is 134 g/mol. The summed E-state index contributed by atoms with van der Waals surface area (Å²) in [7, 11) is 0. The molecule has 0 nitrogen and oxygen atoms in total. The average Bonchev–Trinajstić information content (AvgIpc) is 1.87. The van der Waals surface area contributed by atoms with Crippen molar-refractivity contribution in [3.8, 4) is 0 Å². The van der Waals surface area contributed by atoms with Crippen LogP contribution in [0.25, 0.3) is 0 Å². The topological polar surface area (TPSA) is 0 Å². The summed E-state index contributed by atoms with van der Waals surface area (Å²) in [4.78, 5) is 0. The third kappa shape index (κ3) is 8.60. The van der Waals surface area contributed by atoms with Gasteiger partial charge in [0.2, 0.25) is 0 Å². The molecule has 1 heteroatoms. The van der Waals surface area contributed by atoms with E-state index in [-0.39, 0.29) is 0 Å². The zero-order valence-electron chi connectivity index (χ0n) is 7.82. The van der Waals surface area contributed by atoms with Crippen molar-refractivity contribution >= 4 is 17.7 Å². The van der Waals surface area contributed by atoms with E-state index in [1.165, 1.54) is 38.5 Å². The van der Waals surface area contributed by atoms with E-state index in [2.05, 4.69) is 31.6 Å². The Morgan fingerprint density at radius 3 is 2.20 bits per heavy atom. The van der Waals surface area contributed by atoms with Crippen molar-refractivity contribution in [1.29, 1.82) is 0 Å². The molecule has 0 rings (SSSR count). The second-order valence-corrected chi connectivity index (χ2v) is 3.60. The summed E-state index contributed by atoms with van der Waals surface area (Å²) in [5.74, 6) is 0. The molecule has 1 atom stereocenters. The quantitative estimate of drug-likeness (QED) is 0.386. The molecule has 0 aromatic carbocycles. The van der Waals surface area contributed by atoms with E-state index >= 15 is 0 Å². The molecule has 0 fully saturated rings. The van der Waals surface area contributed by atoms with Gasteiger partial charge in [0.15, 0.2) is 0 Å². The third-order valence-electron chi connectivity index (χ3n) is 1.89. The van der Waals surface area contributed by atoms with Crippen LogP contribution in [0.3, 0.4) is 0 Å². The Kier molecular flexibility index (Phi) is 8.16. The average molecular weight is 134 g/mol. The Balaban J connectivity index is 2.77. The van der Waals surface area contributed by atoms with E-state index in [9.17, 15) is 0 Å². The molecule has 0 N–H and O–H groups in total. The SMILES string of the molecule is [Li][CH](C)CCCCCCC. The maximum atomic E-state index is 2.31. The van der Waals surface area contributed by atoms with Crippen LogP contribution in [0.4, 0.5) is 0 Å². The van der Waals surface area contributed by atoms with Crippen LogP contribution in [0.2, 0.25) is 4.59 Å². The summed E-state index contributed by atoms with van der Waals surface area (Å²) >= 11 is 2.31. The second kappa shape index (κ2) is 7.70. The first-order chi connectivity index (χ1) is 4.77. The normalized spacial score (nSPS) is 13.6. The van der Waals surface area contributed by atoms with Gasteiger partial charge < -0.3 is 0 Å². The molecule has 0 aliphatic carbocycles. The van der Waals surface area contributed by atoms with Crippen LogP contribution in [0.1, 0.15) is 52.4 Å². The molecule has 0 aliphatic heterocycles. The fourth-order valence-corrected chi connectivity index (χ4v) is 1.16. The van der Waals surface area contributed by atoms with E-state index in [0.717, 1.165) is 4.59 Å². The standard InChI is InChI=1S/C9H19.Li/c1-3-5-7-9-8-6-4-2;/h3H,4-9H2,1-2H3;. The van der Waals surface area contributed by atoms with Crippen LogP contribution in [-0.4, -0.2) is 17.7 Å². The molecule has 0 amide bonds. The Hall–Kier alpha value is 0.597. The van der Waals surface area contributed by atoms with Gasteiger partial charge in [0.1, 0.15) is 0 Å². The number of unbranched alkanes of at least 4 members (excludes halogenated alkanes) is 4. The molecular weight excluding hydrogens is 115 g/mol. The van der Waals surface area contributed by atoms with Gasteiger partial charge in [0.05, 0.1) is 0 Å². The minimum absolute atomic E-state index is 0.904. The van der Waals surface area contributed by atoms with Crippen LogP contribution in [-0.2, 0) is 0 Å². The van der Waals surface area contributed by atoms with E-state index in [0.29, 0.717) is 0 Å². The van der Waals surface area contributed by atoms with Gasteiger partial charge in [0.25, 0.3) is 0 Å². The van der Waals surface area contributed by atoms with Gasteiger partial charge in [-0.2, -0.15) is 0 Å². The van der Waals surface area contributed by atoms with Gasteiger partial charge >= 0.3 is 74.7 Å². The minimum atomic E-state index is 0.904. The summed E-state index contributed by atoms with van der Waals surface area (Å²) < 4.78 is 0.904. The number of hydrogen-bond acceptors (Lipinski definition) is 0. The van der Waals surface area contributed by atoms with Crippen LogP contribution in [0.15, 0.2) is 0 Å². The van der Waals surface area contributed by atoms with E-state index in [4.69, 9.17) is 0 Å². The van der Waals surface area contributed by atoms with E-state index in [1.807, 2.05) is 0 Å². The Morgan fingerprint density at radius 2 is 1.70 bits per heavy atom. The molecule has 0 radical (unpaired) electrons. The van der Waals surface area contributed by atoms with Crippen molar-refractivity contribution in [2.24, 2.45) is 0 Å². The van der Waals surface area contributed by atoms with Gasteiger partial charge in [-0.3, -0.25) is 0 Å². The number of hydrogen-bond donors (Lipinski definition) is 0. The van der Waals surface area contributed by atoms with Gasteiger partial charge in [0, 0.05) is 0 Å². The molecule has 0 saturated heterocycles. The second-order valence-electron chi connectivity index (χ2n) is 3.60. The van der Waals surface area contributed by atoms with Crippen LogP contribution in [0, 0.1) is 0 Å². The molecule has 0 saturated carbocycles. The van der Waals surface area contributed by atoms with E-state index < -0.39 is 0 Å². The fourth-order valence-electron chi connectivity index (χ4n) is 1.16. The molecule has 0 aromatic rings. The third-order valence-corrected chi connectivity index (χ3v) is 1.89. The fraction of sp³-hybridized carbons (Fsp3) is 1.00. The molecule has 0 bridgehead atoms. The summed E-state index contributed by atoms with van der Waals surface area (Å²) in [6.07, 6.45) is 8.55. The molecule has 0 aliphatic rings. The van der Waals surface area contributed by atoms with Crippen molar-refractivity contribution in [3.63, 3.8) is 0 Å². The van der Waals surface area contributed by atoms with Crippen molar-refractivity contribution in [3.05, 3.63) is 0 Å². The zero-order valence-corrected chi connectivity index (χ0v) is 7.82. The molecule has 0 aromatic heterocycles. The van der Waals surface area contributed by atoms with E-state index in [1.54, 1.807) is 0 Å². The summed E-state index contributed by atoms with van der Waals surface area (Å²) in [6, 6.07) is 0. The Morgan fingerprint density at radius 1 is 1.10 bits per heavy atom. The summed E-state index contributed by atoms with van der Waals surface area (Å²) in [5, 5.41) is 0. The predicted octanol–water partition coefficient (Wildman–Crippen LogP) is 3.32. The van der Waals surface area contributed by atoms with Crippen molar-refractivity contribution in [2.45, 2.75) is 57.0 Å². The maximum absolute atomic E-state index is 2.31. The predicted molar refractivity (Wildman–Crippen MR) is 48.6 cm³/mol. The van der Waals surface area contributed by atoms with Gasteiger partial charge in [-0.05, 0) is 0 Å². The molecule has 1 unspecified atom stereocenters. The Bertz CT molecular complexity index is 59.7.